The first kappa shape index (κ1) is 13.7. The van der Waals surface area contributed by atoms with Gasteiger partial charge < -0.3 is 14.8 Å². The summed E-state index contributed by atoms with van der Waals surface area (Å²) in [5.74, 6) is 0.895. The number of piperidine rings is 1. The molecule has 1 fully saturated rings. The lowest BCUT2D eigenvalue weighted by Crippen LogP contribution is -2.35. The Morgan fingerprint density at radius 2 is 2.15 bits per heavy atom. The van der Waals surface area contributed by atoms with Crippen LogP contribution in [0.1, 0.15) is 24.8 Å². The van der Waals surface area contributed by atoms with Crippen LogP contribution in [0.15, 0.2) is 17.0 Å². The van der Waals surface area contributed by atoms with Crippen LogP contribution in [0, 0.1) is 0 Å². The molecule has 3 rings (SSSR count). The Kier molecular flexibility index (Phi) is 3.60. The largest absolute Gasteiger partial charge is 0.454 e. The summed E-state index contributed by atoms with van der Waals surface area (Å²) in [6.07, 6.45) is 5.39. The summed E-state index contributed by atoms with van der Waals surface area (Å²) in [7, 11) is -3.34. The second-order valence-corrected chi connectivity index (χ2v) is 7.36. The number of rotatable bonds is 3. The minimum Gasteiger partial charge on any atom is -0.454 e. The Morgan fingerprint density at radius 1 is 1.30 bits per heavy atom. The van der Waals surface area contributed by atoms with Crippen molar-refractivity contribution in [3.63, 3.8) is 0 Å². The van der Waals surface area contributed by atoms with Gasteiger partial charge in [-0.15, -0.1) is 0 Å². The molecule has 5 nitrogen and oxygen atoms in total. The van der Waals surface area contributed by atoms with E-state index in [-0.39, 0.29) is 6.79 Å². The molecular formula is C14H19NO4S. The Labute approximate surface area is 119 Å². The Balaban J connectivity index is 1.98. The first-order valence-corrected chi connectivity index (χ1v) is 8.80. The quantitative estimate of drug-likeness (QED) is 0.916. The predicted octanol–water partition coefficient (Wildman–Crippen LogP) is 1.50. The van der Waals surface area contributed by atoms with E-state index in [1.165, 1.54) is 19.1 Å². The van der Waals surface area contributed by atoms with Gasteiger partial charge in [0.1, 0.15) is 4.90 Å². The fraction of sp³-hybridized carbons (Fsp3) is 0.571. The van der Waals surface area contributed by atoms with E-state index in [4.69, 9.17) is 9.47 Å². The lowest BCUT2D eigenvalue weighted by Gasteiger charge is -2.24. The summed E-state index contributed by atoms with van der Waals surface area (Å²) in [5.41, 5.74) is 0.816. The van der Waals surface area contributed by atoms with Crippen molar-refractivity contribution in [1.82, 2.24) is 5.32 Å². The van der Waals surface area contributed by atoms with Crippen molar-refractivity contribution in [3.05, 3.63) is 17.7 Å². The highest BCUT2D eigenvalue weighted by Crippen LogP contribution is 2.40. The average Bonchev–Trinajstić information content (AvgIpc) is 2.86. The molecule has 0 radical (unpaired) electrons. The molecule has 0 aliphatic carbocycles. The number of benzene rings is 1. The van der Waals surface area contributed by atoms with Gasteiger partial charge in [-0.1, -0.05) is 12.5 Å². The Bertz CT molecular complexity index is 606. The van der Waals surface area contributed by atoms with Crippen molar-refractivity contribution in [2.75, 3.05) is 19.6 Å². The highest BCUT2D eigenvalue weighted by molar-refractivity contribution is 7.90. The van der Waals surface area contributed by atoms with Crippen molar-refractivity contribution >= 4 is 9.84 Å². The summed E-state index contributed by atoms with van der Waals surface area (Å²) in [6, 6.07) is 3.99. The van der Waals surface area contributed by atoms with Gasteiger partial charge in [-0.05, 0) is 37.4 Å². The third-order valence-electron chi connectivity index (χ3n) is 3.82. The Hall–Kier alpha value is -1.27. The highest BCUT2D eigenvalue weighted by Gasteiger charge is 2.28. The average molecular weight is 297 g/mol. The summed E-state index contributed by atoms with van der Waals surface area (Å²) < 4.78 is 34.8. The van der Waals surface area contributed by atoms with Crippen LogP contribution in [0.4, 0.5) is 0 Å². The maximum atomic E-state index is 12.1. The molecule has 6 heteroatoms. The molecule has 1 aromatic rings. The molecule has 0 spiro atoms. The number of nitrogens with one attached hydrogen (secondary N) is 1. The van der Waals surface area contributed by atoms with Gasteiger partial charge in [0, 0.05) is 12.3 Å². The van der Waals surface area contributed by atoms with Crippen LogP contribution in [-0.2, 0) is 16.3 Å². The third kappa shape index (κ3) is 2.62. The van der Waals surface area contributed by atoms with Crippen molar-refractivity contribution in [2.45, 2.75) is 36.6 Å². The zero-order chi connectivity index (χ0) is 14.2. The monoisotopic (exact) mass is 297 g/mol. The molecule has 0 amide bonds. The minimum absolute atomic E-state index is 0.0863. The first-order chi connectivity index (χ1) is 9.55. The van der Waals surface area contributed by atoms with E-state index < -0.39 is 9.84 Å². The molecule has 1 saturated heterocycles. The number of hydrogen-bond acceptors (Lipinski definition) is 5. The van der Waals surface area contributed by atoms with E-state index in [9.17, 15) is 8.42 Å². The van der Waals surface area contributed by atoms with Crippen molar-refractivity contribution in [3.8, 4) is 11.5 Å². The molecule has 2 heterocycles. The van der Waals surface area contributed by atoms with Gasteiger partial charge >= 0.3 is 0 Å². The van der Waals surface area contributed by atoms with Crippen molar-refractivity contribution < 1.29 is 17.9 Å². The Morgan fingerprint density at radius 3 is 2.85 bits per heavy atom. The fourth-order valence-corrected chi connectivity index (χ4v) is 4.04. The molecule has 20 heavy (non-hydrogen) atoms. The van der Waals surface area contributed by atoms with E-state index in [1.807, 2.05) is 6.07 Å². The standard InChI is InChI=1S/C14H19NO4S/c1-20(16,17)14-10(8-11-4-2-3-7-15-11)5-6-12-13(14)19-9-18-12/h5-6,11,15H,2-4,7-9H2,1H3. The van der Waals surface area contributed by atoms with Gasteiger partial charge in [0.05, 0.1) is 0 Å². The SMILES string of the molecule is CS(=O)(=O)c1c(CC2CCCCN2)ccc2c1OCO2. The molecule has 1 unspecified atom stereocenters. The summed E-state index contributed by atoms with van der Waals surface area (Å²) in [5, 5.41) is 3.45. The van der Waals surface area contributed by atoms with Gasteiger partial charge in [0.15, 0.2) is 21.3 Å². The summed E-state index contributed by atoms with van der Waals surface area (Å²) in [4.78, 5) is 0.292. The maximum absolute atomic E-state index is 12.1. The van der Waals surface area contributed by atoms with Crippen LogP contribution >= 0.6 is 0 Å². The molecule has 1 atom stereocenters. The highest BCUT2D eigenvalue weighted by atomic mass is 32.2. The lowest BCUT2D eigenvalue weighted by atomic mass is 9.97. The zero-order valence-electron chi connectivity index (χ0n) is 11.5. The van der Waals surface area contributed by atoms with Crippen LogP contribution in [0.3, 0.4) is 0 Å². The molecule has 0 bridgehead atoms. The van der Waals surface area contributed by atoms with Crippen LogP contribution in [0.2, 0.25) is 0 Å². The minimum atomic E-state index is -3.34. The molecule has 2 aliphatic rings. The number of sulfone groups is 1. The topological polar surface area (TPSA) is 64.6 Å². The molecular weight excluding hydrogens is 278 g/mol. The van der Waals surface area contributed by atoms with Gasteiger partial charge in [-0.2, -0.15) is 0 Å². The van der Waals surface area contributed by atoms with Crippen LogP contribution in [0.25, 0.3) is 0 Å². The van der Waals surface area contributed by atoms with Gasteiger partial charge in [0.25, 0.3) is 0 Å². The third-order valence-corrected chi connectivity index (χ3v) is 5.01. The normalized spacial score (nSPS) is 21.9. The lowest BCUT2D eigenvalue weighted by molar-refractivity contribution is 0.172. The van der Waals surface area contributed by atoms with Gasteiger partial charge in [-0.3, -0.25) is 0 Å². The van der Waals surface area contributed by atoms with Crippen molar-refractivity contribution in [2.24, 2.45) is 0 Å². The van der Waals surface area contributed by atoms with Crippen LogP contribution in [-0.4, -0.2) is 34.1 Å². The van der Waals surface area contributed by atoms with Crippen LogP contribution in [0.5, 0.6) is 11.5 Å². The number of fused-ring (bicyclic) bond motifs is 1. The van der Waals surface area contributed by atoms with E-state index in [0.29, 0.717) is 28.9 Å². The fourth-order valence-electron chi connectivity index (χ4n) is 2.92. The van der Waals surface area contributed by atoms with E-state index in [2.05, 4.69) is 5.32 Å². The van der Waals surface area contributed by atoms with E-state index in [1.54, 1.807) is 6.07 Å². The summed E-state index contributed by atoms with van der Waals surface area (Å²) in [6.45, 7) is 1.09. The molecule has 1 aromatic carbocycles. The molecule has 2 aliphatic heterocycles. The molecule has 1 N–H and O–H groups in total. The molecule has 0 aromatic heterocycles. The van der Waals surface area contributed by atoms with Crippen molar-refractivity contribution in [1.29, 1.82) is 0 Å². The second-order valence-electron chi connectivity index (χ2n) is 5.41. The van der Waals surface area contributed by atoms with Gasteiger partial charge in [-0.25, -0.2) is 8.42 Å². The number of ether oxygens (including phenoxy) is 2. The predicted molar refractivity (Wildman–Crippen MR) is 75.0 cm³/mol. The van der Waals surface area contributed by atoms with Gasteiger partial charge in [0.2, 0.25) is 6.79 Å². The summed E-state index contributed by atoms with van der Waals surface area (Å²) >= 11 is 0. The maximum Gasteiger partial charge on any atom is 0.231 e. The zero-order valence-corrected chi connectivity index (χ0v) is 12.3. The smallest absolute Gasteiger partial charge is 0.231 e. The first-order valence-electron chi connectivity index (χ1n) is 6.90. The van der Waals surface area contributed by atoms with E-state index in [0.717, 1.165) is 18.5 Å². The molecule has 110 valence electrons. The van der Waals surface area contributed by atoms with Crippen LogP contribution < -0.4 is 14.8 Å². The second kappa shape index (κ2) is 5.26. The molecule has 0 saturated carbocycles. The number of hydrogen-bond donors (Lipinski definition) is 1. The van der Waals surface area contributed by atoms with E-state index >= 15 is 0 Å².